The molecule has 0 radical (unpaired) electrons. The zero-order valence-electron chi connectivity index (χ0n) is 19.5. The van der Waals surface area contributed by atoms with Crippen LogP contribution in [0.15, 0.2) is 30.3 Å². The molecule has 176 valence electrons. The second-order valence-electron chi connectivity index (χ2n) is 10.4. The molecular weight excluding hydrogens is 447 g/mol. The number of hydrogen-bond acceptors (Lipinski definition) is 3. The molecule has 0 spiro atoms. The number of fused-ring (bicyclic) bond motifs is 1. The molecule has 3 nitrogen and oxygen atoms in total. The summed E-state index contributed by atoms with van der Waals surface area (Å²) < 4.78 is 42.5. The smallest absolute Gasteiger partial charge is 0.273 e. The number of nitrogens with zero attached hydrogens (tertiary/aromatic N) is 1. The van der Waals surface area contributed by atoms with E-state index >= 15 is 0 Å². The molecule has 2 aromatic carbocycles. The molecule has 2 amide bonds. The lowest BCUT2D eigenvalue weighted by Crippen LogP contribution is -2.34. The zero-order valence-corrected chi connectivity index (χ0v) is 20.3. The number of imide groups is 1. The molecule has 0 saturated carbocycles. The Balaban J connectivity index is 1.97. The number of carbonyl (C=O) groups excluding carboxylic acids is 2. The van der Waals surface area contributed by atoms with Gasteiger partial charge in [-0.15, -0.1) is 0 Å². The van der Waals surface area contributed by atoms with Crippen LogP contribution in [0.5, 0.6) is 0 Å². The SMILES string of the molecule is Cc1cc2c(cc1-c1c(CN3C(=O)CSC3=O)cccc1C(F)(F)F)C(C)(C)CCC2(C)C. The van der Waals surface area contributed by atoms with E-state index in [9.17, 15) is 22.8 Å². The Bertz CT molecular complexity index is 1130. The van der Waals surface area contributed by atoms with E-state index < -0.39 is 17.0 Å². The van der Waals surface area contributed by atoms with Gasteiger partial charge in [-0.2, -0.15) is 13.2 Å². The zero-order chi connectivity index (χ0) is 24.3. The first-order valence-corrected chi connectivity index (χ1v) is 12.0. The first-order valence-electron chi connectivity index (χ1n) is 11.0. The van der Waals surface area contributed by atoms with E-state index in [0.29, 0.717) is 11.1 Å². The number of halogens is 3. The summed E-state index contributed by atoms with van der Waals surface area (Å²) in [5.74, 6) is -0.354. The number of aryl methyl sites for hydroxylation is 1. The van der Waals surface area contributed by atoms with Gasteiger partial charge in [0.2, 0.25) is 5.91 Å². The molecule has 2 aromatic rings. The van der Waals surface area contributed by atoms with E-state index in [-0.39, 0.29) is 34.6 Å². The van der Waals surface area contributed by atoms with Crippen molar-refractivity contribution in [2.24, 2.45) is 0 Å². The summed E-state index contributed by atoms with van der Waals surface area (Å²) in [4.78, 5) is 25.4. The number of amides is 2. The number of alkyl halides is 3. The van der Waals surface area contributed by atoms with Crippen molar-refractivity contribution < 1.29 is 22.8 Å². The van der Waals surface area contributed by atoms with Crippen LogP contribution in [0.1, 0.15) is 68.4 Å². The first kappa shape index (κ1) is 23.9. The van der Waals surface area contributed by atoms with Crippen molar-refractivity contribution in [1.82, 2.24) is 4.90 Å². The minimum atomic E-state index is -4.57. The maximum atomic E-state index is 14.2. The molecule has 0 atom stereocenters. The molecule has 1 heterocycles. The largest absolute Gasteiger partial charge is 0.417 e. The summed E-state index contributed by atoms with van der Waals surface area (Å²) in [6, 6.07) is 7.96. The van der Waals surface area contributed by atoms with Crippen LogP contribution in [0.25, 0.3) is 11.1 Å². The number of carbonyl (C=O) groups is 2. The van der Waals surface area contributed by atoms with Gasteiger partial charge in [0.25, 0.3) is 5.24 Å². The van der Waals surface area contributed by atoms with Gasteiger partial charge in [-0.05, 0) is 70.0 Å². The van der Waals surface area contributed by atoms with Gasteiger partial charge >= 0.3 is 6.18 Å². The summed E-state index contributed by atoms with van der Waals surface area (Å²) in [6.07, 6.45) is -2.62. The van der Waals surface area contributed by atoms with Crippen molar-refractivity contribution in [3.05, 3.63) is 58.1 Å². The molecule has 2 aliphatic rings. The fraction of sp³-hybridized carbons (Fsp3) is 0.462. The standard InChI is InChI=1S/C26H28F3NO2S/c1-15-11-19-20(25(4,5)10-9-24(19,2)3)12-17(15)22-16(7-6-8-18(22)26(27,28)29)13-30-21(31)14-33-23(30)32/h6-8,11-12H,9-10,13-14H2,1-5H3. The first-order chi connectivity index (χ1) is 15.2. The fourth-order valence-electron chi connectivity index (χ4n) is 4.98. The highest BCUT2D eigenvalue weighted by Gasteiger charge is 2.40. The summed E-state index contributed by atoms with van der Waals surface area (Å²) in [7, 11) is 0. The molecule has 1 saturated heterocycles. The maximum Gasteiger partial charge on any atom is 0.417 e. The molecule has 0 aromatic heterocycles. The van der Waals surface area contributed by atoms with Gasteiger partial charge in [0.1, 0.15) is 0 Å². The quantitative estimate of drug-likeness (QED) is 0.470. The van der Waals surface area contributed by atoms with Crippen LogP contribution in [0.4, 0.5) is 18.0 Å². The number of thioether (sulfide) groups is 1. The molecule has 0 N–H and O–H groups in total. The molecule has 0 bridgehead atoms. The Morgan fingerprint density at radius 1 is 1.00 bits per heavy atom. The number of hydrogen-bond donors (Lipinski definition) is 0. The maximum absolute atomic E-state index is 14.2. The van der Waals surface area contributed by atoms with Gasteiger partial charge in [0.05, 0.1) is 17.9 Å². The average Bonchev–Trinajstić information content (AvgIpc) is 3.03. The van der Waals surface area contributed by atoms with Crippen molar-refractivity contribution in [2.45, 2.75) is 71.0 Å². The molecule has 1 aliphatic heterocycles. The minimum Gasteiger partial charge on any atom is -0.273 e. The van der Waals surface area contributed by atoms with Gasteiger partial charge in [0.15, 0.2) is 0 Å². The predicted molar refractivity (Wildman–Crippen MR) is 125 cm³/mol. The van der Waals surface area contributed by atoms with Crippen LogP contribution < -0.4 is 0 Å². The summed E-state index contributed by atoms with van der Waals surface area (Å²) in [5, 5.41) is -0.423. The van der Waals surface area contributed by atoms with Gasteiger partial charge in [-0.25, -0.2) is 0 Å². The minimum absolute atomic E-state index is 0.0221. The van der Waals surface area contributed by atoms with Crippen molar-refractivity contribution in [3.8, 4) is 11.1 Å². The second kappa shape index (κ2) is 7.90. The van der Waals surface area contributed by atoms with Gasteiger partial charge < -0.3 is 0 Å². The summed E-state index contributed by atoms with van der Waals surface area (Å²) in [5.41, 5.74) is 2.90. The monoisotopic (exact) mass is 475 g/mol. The van der Waals surface area contributed by atoms with E-state index in [1.54, 1.807) is 6.07 Å². The van der Waals surface area contributed by atoms with E-state index in [4.69, 9.17) is 0 Å². The number of benzene rings is 2. The Morgan fingerprint density at radius 3 is 2.15 bits per heavy atom. The van der Waals surface area contributed by atoms with Crippen LogP contribution in [0, 0.1) is 6.92 Å². The summed E-state index contributed by atoms with van der Waals surface area (Å²) in [6.45, 7) is 10.3. The molecule has 7 heteroatoms. The van der Waals surface area contributed by atoms with Crippen molar-refractivity contribution in [1.29, 1.82) is 0 Å². The lowest BCUT2D eigenvalue weighted by molar-refractivity contribution is -0.137. The van der Waals surface area contributed by atoms with E-state index in [2.05, 4.69) is 27.7 Å². The van der Waals surface area contributed by atoms with Crippen molar-refractivity contribution >= 4 is 22.9 Å². The third-order valence-corrected chi connectivity index (χ3v) is 7.95. The topological polar surface area (TPSA) is 37.4 Å². The van der Waals surface area contributed by atoms with Gasteiger partial charge in [-0.3, -0.25) is 14.5 Å². The molecular formula is C26H28F3NO2S. The molecule has 1 aliphatic carbocycles. The second-order valence-corrected chi connectivity index (χ2v) is 11.3. The highest BCUT2D eigenvalue weighted by molar-refractivity contribution is 8.14. The normalized spacial score (nSPS) is 19.7. The fourth-order valence-corrected chi connectivity index (χ4v) is 5.71. The molecule has 1 fully saturated rings. The van der Waals surface area contributed by atoms with Gasteiger partial charge in [0, 0.05) is 0 Å². The lowest BCUT2D eigenvalue weighted by Gasteiger charge is -2.42. The Labute approximate surface area is 196 Å². The Kier molecular flexibility index (Phi) is 5.71. The molecule has 33 heavy (non-hydrogen) atoms. The third-order valence-electron chi connectivity index (χ3n) is 7.09. The Morgan fingerprint density at radius 2 is 1.61 bits per heavy atom. The van der Waals surface area contributed by atoms with E-state index in [1.807, 2.05) is 19.1 Å². The average molecular weight is 476 g/mol. The predicted octanol–water partition coefficient (Wildman–Crippen LogP) is 7.23. The van der Waals surface area contributed by atoms with E-state index in [1.165, 1.54) is 11.6 Å². The van der Waals surface area contributed by atoms with Crippen LogP contribution in [0.3, 0.4) is 0 Å². The third kappa shape index (κ3) is 4.20. The van der Waals surface area contributed by atoms with Crippen LogP contribution >= 0.6 is 11.8 Å². The van der Waals surface area contributed by atoms with Crippen molar-refractivity contribution in [2.75, 3.05) is 5.75 Å². The highest BCUT2D eigenvalue weighted by atomic mass is 32.2. The van der Waals surface area contributed by atoms with Crippen LogP contribution in [-0.4, -0.2) is 21.8 Å². The van der Waals surface area contributed by atoms with E-state index in [0.717, 1.165) is 46.7 Å². The molecule has 0 unspecified atom stereocenters. The molecule has 4 rings (SSSR count). The lowest BCUT2D eigenvalue weighted by atomic mass is 9.62. The Hall–Kier alpha value is -2.28. The van der Waals surface area contributed by atoms with Crippen LogP contribution in [-0.2, 0) is 28.3 Å². The summed E-state index contributed by atoms with van der Waals surface area (Å²) >= 11 is 0.881. The highest BCUT2D eigenvalue weighted by Crippen LogP contribution is 2.49. The number of rotatable bonds is 3. The van der Waals surface area contributed by atoms with Crippen LogP contribution in [0.2, 0.25) is 0 Å². The van der Waals surface area contributed by atoms with Gasteiger partial charge in [-0.1, -0.05) is 63.7 Å². The van der Waals surface area contributed by atoms with Crippen molar-refractivity contribution in [3.63, 3.8) is 0 Å².